The molecule has 18 heavy (non-hydrogen) atoms. The minimum absolute atomic E-state index is 0.176. The third-order valence-corrected chi connectivity index (χ3v) is 4.11. The molecule has 2 heterocycles. The standard InChI is InChI=1S/C14H21NO2S/c1-5-11-10-7-9-18-12(10)6-8-15(11)13(16)17-14(2,3)4/h7,9,11H,5-6,8H2,1-4H3. The molecule has 1 amide bonds. The van der Waals surface area contributed by atoms with E-state index in [-0.39, 0.29) is 12.1 Å². The molecule has 1 aliphatic heterocycles. The van der Waals surface area contributed by atoms with Crippen molar-refractivity contribution in [2.24, 2.45) is 0 Å². The van der Waals surface area contributed by atoms with Crippen LogP contribution in [-0.2, 0) is 11.2 Å². The maximum absolute atomic E-state index is 12.2. The second kappa shape index (κ2) is 4.92. The summed E-state index contributed by atoms with van der Waals surface area (Å²) in [7, 11) is 0. The molecule has 1 aromatic heterocycles. The molecular formula is C14H21NO2S. The van der Waals surface area contributed by atoms with Gasteiger partial charge in [0.15, 0.2) is 0 Å². The highest BCUT2D eigenvalue weighted by atomic mass is 32.1. The molecule has 0 aromatic carbocycles. The first-order chi connectivity index (χ1) is 8.42. The minimum Gasteiger partial charge on any atom is -0.444 e. The summed E-state index contributed by atoms with van der Waals surface area (Å²) in [5.74, 6) is 0. The third kappa shape index (κ3) is 2.69. The lowest BCUT2D eigenvalue weighted by Crippen LogP contribution is -2.42. The van der Waals surface area contributed by atoms with Crippen molar-refractivity contribution >= 4 is 17.4 Å². The Kier molecular flexibility index (Phi) is 3.66. The normalized spacial score (nSPS) is 19.6. The number of hydrogen-bond donors (Lipinski definition) is 0. The average Bonchev–Trinajstić information content (AvgIpc) is 2.72. The van der Waals surface area contributed by atoms with Crippen LogP contribution >= 0.6 is 11.3 Å². The largest absolute Gasteiger partial charge is 0.444 e. The molecule has 0 fully saturated rings. The monoisotopic (exact) mass is 267 g/mol. The molecule has 1 aromatic rings. The maximum atomic E-state index is 12.2. The van der Waals surface area contributed by atoms with Crippen LogP contribution in [0.3, 0.4) is 0 Å². The Balaban J connectivity index is 2.17. The molecule has 0 radical (unpaired) electrons. The molecule has 1 unspecified atom stereocenters. The quantitative estimate of drug-likeness (QED) is 0.770. The highest BCUT2D eigenvalue weighted by Gasteiger charge is 2.32. The van der Waals surface area contributed by atoms with Gasteiger partial charge in [0.25, 0.3) is 0 Å². The van der Waals surface area contributed by atoms with Gasteiger partial charge in [0.2, 0.25) is 0 Å². The van der Waals surface area contributed by atoms with E-state index >= 15 is 0 Å². The Labute approximate surface area is 113 Å². The Morgan fingerprint density at radius 1 is 1.56 bits per heavy atom. The van der Waals surface area contributed by atoms with E-state index in [0.717, 1.165) is 19.4 Å². The zero-order valence-corrected chi connectivity index (χ0v) is 12.3. The summed E-state index contributed by atoms with van der Waals surface area (Å²) in [5, 5.41) is 2.12. The first kappa shape index (κ1) is 13.4. The van der Waals surface area contributed by atoms with E-state index in [0.29, 0.717) is 0 Å². The Bertz CT molecular complexity index is 433. The Hall–Kier alpha value is -1.03. The second-order valence-electron chi connectivity index (χ2n) is 5.65. The summed E-state index contributed by atoms with van der Waals surface area (Å²) >= 11 is 1.79. The molecule has 4 heteroatoms. The number of carbonyl (C=O) groups is 1. The lowest BCUT2D eigenvalue weighted by Gasteiger charge is -2.36. The van der Waals surface area contributed by atoms with Crippen molar-refractivity contribution in [3.05, 3.63) is 21.9 Å². The van der Waals surface area contributed by atoms with Crippen LogP contribution in [0.25, 0.3) is 0 Å². The van der Waals surface area contributed by atoms with Crippen LogP contribution in [0, 0.1) is 0 Å². The number of nitrogens with zero attached hydrogens (tertiary/aromatic N) is 1. The zero-order chi connectivity index (χ0) is 13.3. The zero-order valence-electron chi connectivity index (χ0n) is 11.5. The molecule has 0 saturated carbocycles. The third-order valence-electron chi connectivity index (χ3n) is 3.11. The molecule has 2 rings (SSSR count). The van der Waals surface area contributed by atoms with Gasteiger partial charge in [0.1, 0.15) is 5.60 Å². The van der Waals surface area contributed by atoms with Gasteiger partial charge in [-0.25, -0.2) is 4.79 Å². The fraction of sp³-hybridized carbons (Fsp3) is 0.643. The predicted octanol–water partition coefficient (Wildman–Crippen LogP) is 3.99. The molecule has 0 aliphatic carbocycles. The fourth-order valence-corrected chi connectivity index (χ4v) is 3.30. The van der Waals surface area contributed by atoms with Gasteiger partial charge >= 0.3 is 6.09 Å². The number of thiophene rings is 1. The lowest BCUT2D eigenvalue weighted by molar-refractivity contribution is 0.0139. The van der Waals surface area contributed by atoms with Crippen LogP contribution in [0.2, 0.25) is 0 Å². The summed E-state index contributed by atoms with van der Waals surface area (Å²) in [4.78, 5) is 15.5. The molecule has 0 N–H and O–H groups in total. The average molecular weight is 267 g/mol. The van der Waals surface area contributed by atoms with Crippen LogP contribution < -0.4 is 0 Å². The van der Waals surface area contributed by atoms with Crippen LogP contribution in [0.1, 0.15) is 50.6 Å². The summed E-state index contributed by atoms with van der Waals surface area (Å²) in [6, 6.07) is 2.32. The Morgan fingerprint density at radius 2 is 2.28 bits per heavy atom. The molecular weight excluding hydrogens is 246 g/mol. The van der Waals surface area contributed by atoms with Gasteiger partial charge in [-0.3, -0.25) is 0 Å². The predicted molar refractivity (Wildman–Crippen MR) is 74.0 cm³/mol. The Morgan fingerprint density at radius 3 is 2.89 bits per heavy atom. The van der Waals surface area contributed by atoms with Gasteiger partial charge in [-0.1, -0.05) is 6.92 Å². The molecule has 100 valence electrons. The summed E-state index contributed by atoms with van der Waals surface area (Å²) < 4.78 is 5.49. The van der Waals surface area contributed by atoms with E-state index in [2.05, 4.69) is 18.4 Å². The highest BCUT2D eigenvalue weighted by molar-refractivity contribution is 7.10. The van der Waals surface area contributed by atoms with Gasteiger partial charge in [0, 0.05) is 11.4 Å². The van der Waals surface area contributed by atoms with Crippen molar-refractivity contribution < 1.29 is 9.53 Å². The van der Waals surface area contributed by atoms with E-state index in [1.54, 1.807) is 11.3 Å². The number of amides is 1. The van der Waals surface area contributed by atoms with E-state index in [9.17, 15) is 4.79 Å². The first-order valence-corrected chi connectivity index (χ1v) is 7.36. The van der Waals surface area contributed by atoms with E-state index in [1.165, 1.54) is 10.4 Å². The van der Waals surface area contributed by atoms with Crippen molar-refractivity contribution in [2.75, 3.05) is 6.54 Å². The van der Waals surface area contributed by atoms with E-state index in [1.807, 2.05) is 25.7 Å². The highest BCUT2D eigenvalue weighted by Crippen LogP contribution is 2.35. The lowest BCUT2D eigenvalue weighted by atomic mass is 9.98. The molecule has 3 nitrogen and oxygen atoms in total. The molecule has 0 spiro atoms. The summed E-state index contributed by atoms with van der Waals surface area (Å²) in [6.45, 7) is 8.61. The number of carbonyl (C=O) groups excluding carboxylic acids is 1. The van der Waals surface area contributed by atoms with Gasteiger partial charge in [0.05, 0.1) is 6.04 Å². The van der Waals surface area contributed by atoms with Crippen molar-refractivity contribution in [1.82, 2.24) is 4.90 Å². The number of fused-ring (bicyclic) bond motifs is 1. The van der Waals surface area contributed by atoms with Crippen LogP contribution in [0.5, 0.6) is 0 Å². The van der Waals surface area contributed by atoms with Gasteiger partial charge in [-0.15, -0.1) is 11.3 Å². The summed E-state index contributed by atoms with van der Waals surface area (Å²) in [5.41, 5.74) is 0.879. The van der Waals surface area contributed by atoms with Crippen molar-refractivity contribution in [3.8, 4) is 0 Å². The van der Waals surface area contributed by atoms with Crippen LogP contribution in [-0.4, -0.2) is 23.1 Å². The van der Waals surface area contributed by atoms with E-state index < -0.39 is 5.60 Å². The molecule has 0 saturated heterocycles. The molecule has 1 aliphatic rings. The fourth-order valence-electron chi connectivity index (χ4n) is 2.38. The second-order valence-corrected chi connectivity index (χ2v) is 6.65. The van der Waals surface area contributed by atoms with Gasteiger partial charge in [-0.05, 0) is 50.6 Å². The molecule has 1 atom stereocenters. The number of ether oxygens (including phenoxy) is 1. The van der Waals surface area contributed by atoms with Crippen LogP contribution in [0.4, 0.5) is 4.79 Å². The SMILES string of the molecule is CCC1c2ccsc2CCN1C(=O)OC(C)(C)C. The van der Waals surface area contributed by atoms with Crippen molar-refractivity contribution in [3.63, 3.8) is 0 Å². The van der Waals surface area contributed by atoms with Crippen LogP contribution in [0.15, 0.2) is 11.4 Å². The van der Waals surface area contributed by atoms with Gasteiger partial charge < -0.3 is 9.64 Å². The van der Waals surface area contributed by atoms with E-state index in [4.69, 9.17) is 4.74 Å². The first-order valence-electron chi connectivity index (χ1n) is 6.48. The number of hydrogen-bond acceptors (Lipinski definition) is 3. The van der Waals surface area contributed by atoms with Gasteiger partial charge in [-0.2, -0.15) is 0 Å². The van der Waals surface area contributed by atoms with Crippen molar-refractivity contribution in [2.45, 2.75) is 52.2 Å². The van der Waals surface area contributed by atoms with Crippen molar-refractivity contribution in [1.29, 1.82) is 0 Å². The summed E-state index contributed by atoms with van der Waals surface area (Å²) in [6.07, 6.45) is 1.69. The number of rotatable bonds is 1. The minimum atomic E-state index is -0.426. The topological polar surface area (TPSA) is 29.5 Å². The maximum Gasteiger partial charge on any atom is 0.410 e. The molecule has 0 bridgehead atoms. The smallest absolute Gasteiger partial charge is 0.410 e.